The van der Waals surface area contributed by atoms with E-state index in [0.29, 0.717) is 12.1 Å². The van der Waals surface area contributed by atoms with Gasteiger partial charge in [-0.2, -0.15) is 0 Å². The topological polar surface area (TPSA) is 41.6 Å². The molecule has 1 aromatic carbocycles. The van der Waals surface area contributed by atoms with Crippen LogP contribution in [0.4, 0.5) is 0 Å². The highest BCUT2D eigenvalue weighted by atomic mass is 16.5. The van der Waals surface area contributed by atoms with Crippen LogP contribution in [0.2, 0.25) is 0 Å². The molecular formula is C18H26N2O2. The summed E-state index contributed by atoms with van der Waals surface area (Å²) in [6.07, 6.45) is 1.86. The largest absolute Gasteiger partial charge is 0.459 e. The van der Waals surface area contributed by atoms with Gasteiger partial charge >= 0.3 is 5.97 Å². The fraction of sp³-hybridized carbons (Fsp3) is 0.611. The molecule has 120 valence electrons. The number of piperazine rings is 1. The van der Waals surface area contributed by atoms with E-state index in [0.717, 1.165) is 43.6 Å². The van der Waals surface area contributed by atoms with E-state index >= 15 is 0 Å². The van der Waals surface area contributed by atoms with E-state index in [2.05, 4.69) is 36.2 Å². The van der Waals surface area contributed by atoms with Crippen molar-refractivity contribution in [2.75, 3.05) is 19.6 Å². The smallest absolute Gasteiger partial charge is 0.338 e. The Morgan fingerprint density at radius 2 is 1.95 bits per heavy atom. The molecule has 0 spiro atoms. The number of carbonyl (C=O) groups is 1. The highest BCUT2D eigenvalue weighted by Crippen LogP contribution is 2.22. The van der Waals surface area contributed by atoms with Crippen LogP contribution in [-0.2, 0) is 17.6 Å². The van der Waals surface area contributed by atoms with Crippen LogP contribution in [0, 0.1) is 0 Å². The van der Waals surface area contributed by atoms with Crippen molar-refractivity contribution in [1.82, 2.24) is 10.2 Å². The molecule has 1 aromatic rings. The maximum absolute atomic E-state index is 11.8. The maximum Gasteiger partial charge on any atom is 0.338 e. The highest BCUT2D eigenvalue weighted by molar-refractivity contribution is 5.92. The van der Waals surface area contributed by atoms with Gasteiger partial charge in [0.05, 0.1) is 5.56 Å². The van der Waals surface area contributed by atoms with Crippen LogP contribution >= 0.6 is 0 Å². The summed E-state index contributed by atoms with van der Waals surface area (Å²) in [5.41, 5.74) is 3.20. The molecule has 1 N–H and O–H groups in total. The predicted molar refractivity (Wildman–Crippen MR) is 87.2 cm³/mol. The van der Waals surface area contributed by atoms with E-state index in [1.807, 2.05) is 13.0 Å². The summed E-state index contributed by atoms with van der Waals surface area (Å²) in [6, 6.07) is 7.32. The lowest BCUT2D eigenvalue weighted by Gasteiger charge is -2.36. The Balaban J connectivity index is 1.64. The number of benzene rings is 1. The zero-order valence-electron chi connectivity index (χ0n) is 13.8. The first-order valence-corrected chi connectivity index (χ1v) is 8.32. The third-order valence-electron chi connectivity index (χ3n) is 4.56. The standard InChI is InChI=1S/C18H26N2O2/c1-12-10-20(11-13(2)19-12)7-6-15-4-5-17-16(9-15)8-14(3)22-18(17)21/h4-5,9,12-14,19H,6-8,10-11H2,1-3H3/t12-,13-,14?/m1/s1. The summed E-state index contributed by atoms with van der Waals surface area (Å²) in [6.45, 7) is 9.74. The molecular weight excluding hydrogens is 276 g/mol. The number of hydrogen-bond donors (Lipinski definition) is 1. The minimum absolute atomic E-state index is 0.00915. The van der Waals surface area contributed by atoms with Gasteiger partial charge in [0.15, 0.2) is 0 Å². The number of nitrogens with one attached hydrogen (secondary N) is 1. The quantitative estimate of drug-likeness (QED) is 0.867. The molecule has 22 heavy (non-hydrogen) atoms. The van der Waals surface area contributed by atoms with Crippen LogP contribution in [0.15, 0.2) is 18.2 Å². The highest BCUT2D eigenvalue weighted by Gasteiger charge is 2.24. The van der Waals surface area contributed by atoms with Crippen molar-refractivity contribution in [1.29, 1.82) is 0 Å². The number of rotatable bonds is 3. The third-order valence-corrected chi connectivity index (χ3v) is 4.56. The Morgan fingerprint density at radius 1 is 1.23 bits per heavy atom. The van der Waals surface area contributed by atoms with Crippen LogP contribution in [0.1, 0.15) is 42.3 Å². The van der Waals surface area contributed by atoms with Crippen LogP contribution in [-0.4, -0.2) is 48.7 Å². The van der Waals surface area contributed by atoms with Crippen LogP contribution in [0.3, 0.4) is 0 Å². The first kappa shape index (κ1) is 15.5. The third kappa shape index (κ3) is 3.50. The van der Waals surface area contributed by atoms with Gasteiger partial charge in [0.1, 0.15) is 6.10 Å². The van der Waals surface area contributed by atoms with Gasteiger partial charge in [0.2, 0.25) is 0 Å². The Labute approximate surface area is 132 Å². The van der Waals surface area contributed by atoms with Crippen molar-refractivity contribution < 1.29 is 9.53 Å². The number of ether oxygens (including phenoxy) is 1. The summed E-state index contributed by atoms with van der Waals surface area (Å²) in [4.78, 5) is 14.4. The second-order valence-corrected chi connectivity index (χ2v) is 6.89. The number of nitrogens with zero attached hydrogens (tertiary/aromatic N) is 1. The van der Waals surface area contributed by atoms with Gasteiger partial charge in [-0.3, -0.25) is 4.90 Å². The van der Waals surface area contributed by atoms with E-state index in [9.17, 15) is 4.79 Å². The lowest BCUT2D eigenvalue weighted by molar-refractivity contribution is 0.0301. The SMILES string of the molecule is CC1Cc2cc(CCN3C[C@@H](C)N[C@H](C)C3)ccc2C(=O)O1. The number of fused-ring (bicyclic) bond motifs is 1. The van der Waals surface area contributed by atoms with E-state index in [-0.39, 0.29) is 12.1 Å². The molecule has 0 saturated carbocycles. The monoisotopic (exact) mass is 302 g/mol. The lowest BCUT2D eigenvalue weighted by Crippen LogP contribution is -2.54. The van der Waals surface area contributed by atoms with Gasteiger partial charge in [-0.05, 0) is 44.4 Å². The normalized spacial score (nSPS) is 29.0. The first-order valence-electron chi connectivity index (χ1n) is 8.32. The summed E-state index contributed by atoms with van der Waals surface area (Å²) >= 11 is 0. The molecule has 1 unspecified atom stereocenters. The van der Waals surface area contributed by atoms with E-state index in [4.69, 9.17) is 4.74 Å². The van der Waals surface area contributed by atoms with Gasteiger partial charge in [-0.15, -0.1) is 0 Å². The second kappa shape index (κ2) is 6.39. The van der Waals surface area contributed by atoms with Gasteiger partial charge in [-0.25, -0.2) is 4.79 Å². The molecule has 4 nitrogen and oxygen atoms in total. The second-order valence-electron chi connectivity index (χ2n) is 6.89. The number of carbonyl (C=O) groups excluding carboxylic acids is 1. The van der Waals surface area contributed by atoms with Gasteiger partial charge in [0.25, 0.3) is 0 Å². The van der Waals surface area contributed by atoms with E-state index < -0.39 is 0 Å². The number of hydrogen-bond acceptors (Lipinski definition) is 4. The zero-order chi connectivity index (χ0) is 15.7. The van der Waals surface area contributed by atoms with Crippen molar-refractivity contribution in [2.24, 2.45) is 0 Å². The molecule has 2 heterocycles. The molecule has 3 atom stereocenters. The molecule has 0 radical (unpaired) electrons. The maximum atomic E-state index is 11.8. The summed E-state index contributed by atoms with van der Waals surface area (Å²) in [5, 5.41) is 3.56. The van der Waals surface area contributed by atoms with Gasteiger partial charge < -0.3 is 10.1 Å². The molecule has 0 amide bonds. The number of esters is 1. The molecule has 1 saturated heterocycles. The van der Waals surface area contributed by atoms with Crippen LogP contribution in [0.5, 0.6) is 0 Å². The zero-order valence-corrected chi connectivity index (χ0v) is 13.8. The molecule has 2 aliphatic rings. The fourth-order valence-electron chi connectivity index (χ4n) is 3.68. The minimum atomic E-state index is -0.176. The van der Waals surface area contributed by atoms with Crippen LogP contribution < -0.4 is 5.32 Å². The molecule has 0 bridgehead atoms. The minimum Gasteiger partial charge on any atom is -0.459 e. The van der Waals surface area contributed by atoms with Crippen molar-refractivity contribution in [3.8, 4) is 0 Å². The van der Waals surface area contributed by atoms with Gasteiger partial charge in [0, 0.05) is 38.1 Å². The fourth-order valence-corrected chi connectivity index (χ4v) is 3.68. The molecule has 3 rings (SSSR count). The van der Waals surface area contributed by atoms with Crippen LogP contribution in [0.25, 0.3) is 0 Å². The Morgan fingerprint density at radius 3 is 2.68 bits per heavy atom. The Kier molecular flexibility index (Phi) is 4.50. The van der Waals surface area contributed by atoms with Gasteiger partial charge in [-0.1, -0.05) is 12.1 Å². The molecule has 0 aromatic heterocycles. The average molecular weight is 302 g/mol. The van der Waals surface area contributed by atoms with E-state index in [1.165, 1.54) is 5.56 Å². The number of cyclic esters (lactones) is 1. The molecule has 1 fully saturated rings. The summed E-state index contributed by atoms with van der Waals surface area (Å²) in [5.74, 6) is -0.176. The lowest BCUT2D eigenvalue weighted by atomic mass is 9.96. The van der Waals surface area contributed by atoms with E-state index in [1.54, 1.807) is 0 Å². The van der Waals surface area contributed by atoms with Crippen molar-refractivity contribution in [2.45, 2.75) is 51.8 Å². The van der Waals surface area contributed by atoms with Crippen molar-refractivity contribution in [3.63, 3.8) is 0 Å². The Hall–Kier alpha value is -1.39. The molecule has 4 heteroatoms. The Bertz CT molecular complexity index is 548. The van der Waals surface area contributed by atoms with Crippen molar-refractivity contribution in [3.05, 3.63) is 34.9 Å². The predicted octanol–water partition coefficient (Wildman–Crippen LogP) is 2.01. The summed E-state index contributed by atoms with van der Waals surface area (Å²) < 4.78 is 5.28. The molecule has 0 aliphatic carbocycles. The summed E-state index contributed by atoms with van der Waals surface area (Å²) in [7, 11) is 0. The first-order chi connectivity index (χ1) is 10.5. The molecule has 2 aliphatic heterocycles. The average Bonchev–Trinajstić information content (AvgIpc) is 2.43. The van der Waals surface area contributed by atoms with Crippen molar-refractivity contribution >= 4 is 5.97 Å².